The van der Waals surface area contributed by atoms with Crippen molar-refractivity contribution in [3.05, 3.63) is 34.1 Å². The number of amides is 1. The van der Waals surface area contributed by atoms with Gasteiger partial charge in [-0.25, -0.2) is 4.98 Å². The molecule has 2 aromatic rings. The number of β-amino-alcohol motifs (C(OH)–C–C–N with tert-alkyl or cyclic N) is 1. The van der Waals surface area contributed by atoms with Gasteiger partial charge in [0.2, 0.25) is 0 Å². The smallest absolute Gasteiger partial charge is 0.276 e. The predicted molar refractivity (Wildman–Crippen MR) is 84.9 cm³/mol. The zero-order chi connectivity index (χ0) is 16.2. The van der Waals surface area contributed by atoms with E-state index >= 15 is 0 Å². The van der Waals surface area contributed by atoms with Gasteiger partial charge in [-0.15, -0.1) is 11.3 Å². The minimum absolute atomic E-state index is 0.186. The van der Waals surface area contributed by atoms with E-state index in [4.69, 9.17) is 4.52 Å². The van der Waals surface area contributed by atoms with Gasteiger partial charge in [-0.05, 0) is 19.4 Å². The molecule has 1 atom stereocenters. The van der Waals surface area contributed by atoms with Crippen LogP contribution in [0.15, 0.2) is 22.2 Å². The van der Waals surface area contributed by atoms with Crippen LogP contribution in [0, 0.1) is 0 Å². The van der Waals surface area contributed by atoms with Gasteiger partial charge >= 0.3 is 0 Å². The zero-order valence-electron chi connectivity index (χ0n) is 13.0. The van der Waals surface area contributed by atoms with Crippen molar-refractivity contribution >= 4 is 17.2 Å². The molecule has 0 saturated carbocycles. The largest absolute Gasteiger partial charge is 0.392 e. The van der Waals surface area contributed by atoms with Gasteiger partial charge in [0.15, 0.2) is 11.5 Å². The fraction of sp³-hybridized carbons (Fsp3) is 0.533. The van der Waals surface area contributed by atoms with E-state index < -0.39 is 0 Å². The van der Waals surface area contributed by atoms with Gasteiger partial charge in [-0.2, -0.15) is 0 Å². The third kappa shape index (κ3) is 4.15. The molecule has 0 aliphatic carbocycles. The Morgan fingerprint density at radius 1 is 1.61 bits per heavy atom. The molecule has 0 aromatic carbocycles. The Bertz CT molecular complexity index is 643. The summed E-state index contributed by atoms with van der Waals surface area (Å²) in [7, 11) is 1.72. The number of thiazole rings is 1. The Labute approximate surface area is 138 Å². The molecule has 0 radical (unpaired) electrons. The number of aromatic nitrogens is 2. The van der Waals surface area contributed by atoms with Gasteiger partial charge in [-0.1, -0.05) is 5.16 Å². The zero-order valence-corrected chi connectivity index (χ0v) is 13.8. The third-order valence-corrected chi connectivity index (χ3v) is 4.61. The molecule has 1 saturated heterocycles. The SMILES string of the molecule is CN(Cc1nccs1)C(=O)c1cc(CN2CCC[C@H](O)C2)on1. The molecule has 3 rings (SSSR count). The molecule has 1 N–H and O–H groups in total. The summed E-state index contributed by atoms with van der Waals surface area (Å²) < 4.78 is 5.28. The van der Waals surface area contributed by atoms with Crippen molar-refractivity contribution in [2.24, 2.45) is 0 Å². The number of hydrogen-bond acceptors (Lipinski definition) is 7. The summed E-state index contributed by atoms with van der Waals surface area (Å²) >= 11 is 1.51. The van der Waals surface area contributed by atoms with Crippen molar-refractivity contribution in [3.63, 3.8) is 0 Å². The highest BCUT2D eigenvalue weighted by atomic mass is 32.1. The Morgan fingerprint density at radius 2 is 2.48 bits per heavy atom. The third-order valence-electron chi connectivity index (χ3n) is 3.84. The van der Waals surface area contributed by atoms with Gasteiger partial charge in [-0.3, -0.25) is 9.69 Å². The first kappa shape index (κ1) is 16.1. The Morgan fingerprint density at radius 3 is 3.22 bits per heavy atom. The Balaban J connectivity index is 1.58. The first-order valence-electron chi connectivity index (χ1n) is 7.61. The van der Waals surface area contributed by atoms with E-state index in [-0.39, 0.29) is 12.0 Å². The fourth-order valence-electron chi connectivity index (χ4n) is 2.68. The van der Waals surface area contributed by atoms with E-state index in [2.05, 4.69) is 15.0 Å². The minimum Gasteiger partial charge on any atom is -0.392 e. The van der Waals surface area contributed by atoms with Crippen molar-refractivity contribution in [2.45, 2.75) is 32.0 Å². The number of likely N-dealkylation sites (tertiary alicyclic amines) is 1. The molecule has 2 aromatic heterocycles. The van der Waals surface area contributed by atoms with Gasteiger partial charge in [0, 0.05) is 31.2 Å². The van der Waals surface area contributed by atoms with Crippen LogP contribution in [0.25, 0.3) is 0 Å². The van der Waals surface area contributed by atoms with Crippen LogP contribution in [-0.4, -0.2) is 57.2 Å². The van der Waals surface area contributed by atoms with Crippen LogP contribution in [-0.2, 0) is 13.1 Å². The van der Waals surface area contributed by atoms with Crippen LogP contribution < -0.4 is 0 Å². The first-order valence-corrected chi connectivity index (χ1v) is 8.49. The van der Waals surface area contributed by atoms with Crippen molar-refractivity contribution in [1.29, 1.82) is 0 Å². The molecule has 8 heteroatoms. The quantitative estimate of drug-likeness (QED) is 0.888. The molecule has 0 unspecified atom stereocenters. The van der Waals surface area contributed by atoms with Crippen LogP contribution in [0.3, 0.4) is 0 Å². The molecule has 1 aliphatic rings. The normalized spacial score (nSPS) is 19.0. The molecule has 23 heavy (non-hydrogen) atoms. The monoisotopic (exact) mass is 336 g/mol. The number of carbonyl (C=O) groups is 1. The second-order valence-corrected chi connectivity index (χ2v) is 6.78. The van der Waals surface area contributed by atoms with E-state index in [1.165, 1.54) is 11.3 Å². The summed E-state index contributed by atoms with van der Waals surface area (Å²) in [6, 6.07) is 1.68. The molecule has 1 amide bonds. The van der Waals surface area contributed by atoms with Crippen LogP contribution in [0.1, 0.15) is 34.1 Å². The summed E-state index contributed by atoms with van der Waals surface area (Å²) in [5, 5.41) is 16.3. The van der Waals surface area contributed by atoms with E-state index in [1.807, 2.05) is 5.38 Å². The number of rotatable bonds is 5. The summed E-state index contributed by atoms with van der Waals surface area (Å²) in [4.78, 5) is 20.2. The van der Waals surface area contributed by atoms with Crippen LogP contribution in [0.4, 0.5) is 0 Å². The number of piperidine rings is 1. The summed E-state index contributed by atoms with van der Waals surface area (Å²) in [5.41, 5.74) is 0.302. The van der Waals surface area contributed by atoms with E-state index in [0.29, 0.717) is 31.1 Å². The molecule has 7 nitrogen and oxygen atoms in total. The van der Waals surface area contributed by atoms with Crippen LogP contribution in [0.5, 0.6) is 0 Å². The second kappa shape index (κ2) is 7.20. The van der Waals surface area contributed by atoms with E-state index in [0.717, 1.165) is 24.4 Å². The molecule has 1 aliphatic heterocycles. The minimum atomic E-state index is -0.280. The molecule has 0 spiro atoms. The van der Waals surface area contributed by atoms with Crippen molar-refractivity contribution < 1.29 is 14.4 Å². The average molecular weight is 336 g/mol. The predicted octanol–water partition coefficient (Wildman–Crippen LogP) is 1.36. The average Bonchev–Trinajstić information content (AvgIpc) is 3.18. The molecule has 3 heterocycles. The Hall–Kier alpha value is -1.77. The van der Waals surface area contributed by atoms with Gasteiger partial charge in [0.1, 0.15) is 5.01 Å². The lowest BCUT2D eigenvalue weighted by Crippen LogP contribution is -2.37. The highest BCUT2D eigenvalue weighted by Crippen LogP contribution is 2.15. The summed E-state index contributed by atoms with van der Waals surface area (Å²) in [6.07, 6.45) is 3.26. The topological polar surface area (TPSA) is 82.7 Å². The van der Waals surface area contributed by atoms with Crippen LogP contribution in [0.2, 0.25) is 0 Å². The maximum absolute atomic E-state index is 12.4. The van der Waals surface area contributed by atoms with Gasteiger partial charge in [0.05, 0.1) is 19.2 Å². The van der Waals surface area contributed by atoms with E-state index in [1.54, 1.807) is 24.2 Å². The maximum atomic E-state index is 12.4. The molecule has 124 valence electrons. The fourth-order valence-corrected chi connectivity index (χ4v) is 3.35. The molecule has 1 fully saturated rings. The first-order chi connectivity index (χ1) is 11.1. The maximum Gasteiger partial charge on any atom is 0.276 e. The highest BCUT2D eigenvalue weighted by molar-refractivity contribution is 7.09. The van der Waals surface area contributed by atoms with Gasteiger partial charge < -0.3 is 14.5 Å². The lowest BCUT2D eigenvalue weighted by molar-refractivity contribution is 0.0622. The molecular formula is C15H20N4O3S. The standard InChI is InChI=1S/C15H20N4O3S/c1-18(10-14-16-4-6-23-14)15(21)13-7-12(22-17-13)9-19-5-2-3-11(20)8-19/h4,6-7,11,20H,2-3,5,8-10H2,1H3/t11-/m0/s1. The Kier molecular flexibility index (Phi) is 5.04. The number of carbonyl (C=O) groups excluding carboxylic acids is 1. The molecule has 0 bridgehead atoms. The van der Waals surface area contributed by atoms with E-state index in [9.17, 15) is 9.90 Å². The number of aliphatic hydroxyl groups is 1. The van der Waals surface area contributed by atoms with Crippen LogP contribution >= 0.6 is 11.3 Å². The van der Waals surface area contributed by atoms with Gasteiger partial charge in [0.25, 0.3) is 5.91 Å². The number of hydrogen-bond donors (Lipinski definition) is 1. The second-order valence-electron chi connectivity index (χ2n) is 5.80. The van der Waals surface area contributed by atoms with Crippen molar-refractivity contribution in [2.75, 3.05) is 20.1 Å². The highest BCUT2D eigenvalue weighted by Gasteiger charge is 2.21. The van der Waals surface area contributed by atoms with Crippen molar-refractivity contribution in [1.82, 2.24) is 19.9 Å². The summed E-state index contributed by atoms with van der Waals surface area (Å²) in [6.45, 7) is 2.57. The lowest BCUT2D eigenvalue weighted by atomic mass is 10.1. The number of nitrogens with zero attached hydrogens (tertiary/aromatic N) is 4. The van der Waals surface area contributed by atoms with Crippen molar-refractivity contribution in [3.8, 4) is 0 Å². The molecular weight excluding hydrogens is 316 g/mol. The number of aliphatic hydroxyl groups excluding tert-OH is 1. The summed E-state index contributed by atoms with van der Waals surface area (Å²) in [5.74, 6) is 0.457. The lowest BCUT2D eigenvalue weighted by Gasteiger charge is -2.28.